The summed E-state index contributed by atoms with van der Waals surface area (Å²) in [4.78, 5) is 17.0. The van der Waals surface area contributed by atoms with E-state index in [4.69, 9.17) is 0 Å². The molecule has 0 fully saturated rings. The van der Waals surface area contributed by atoms with Gasteiger partial charge in [0, 0.05) is 47.8 Å². The highest BCUT2D eigenvalue weighted by Gasteiger charge is 2.16. The molecule has 0 amide bonds. The van der Waals surface area contributed by atoms with Gasteiger partial charge in [0.15, 0.2) is 5.82 Å². The highest BCUT2D eigenvalue weighted by Crippen LogP contribution is 2.30. The molecule has 0 atom stereocenters. The van der Waals surface area contributed by atoms with E-state index in [2.05, 4.69) is 44.2 Å². The zero-order valence-corrected chi connectivity index (χ0v) is 18.5. The minimum absolute atomic E-state index is 0.223. The van der Waals surface area contributed by atoms with Crippen LogP contribution in [0.5, 0.6) is 0 Å². The lowest BCUT2D eigenvalue weighted by Crippen LogP contribution is -2.02. The van der Waals surface area contributed by atoms with Crippen molar-refractivity contribution in [2.45, 2.75) is 19.8 Å². The van der Waals surface area contributed by atoms with Crippen LogP contribution in [0.25, 0.3) is 33.3 Å². The Balaban J connectivity index is 1.46. The topological polar surface area (TPSA) is 81.4 Å². The van der Waals surface area contributed by atoms with E-state index in [-0.39, 0.29) is 17.6 Å². The summed E-state index contributed by atoms with van der Waals surface area (Å²) >= 11 is 0. The second kappa shape index (κ2) is 8.38. The van der Waals surface area contributed by atoms with Crippen molar-refractivity contribution in [2.75, 3.05) is 5.32 Å². The van der Waals surface area contributed by atoms with Crippen molar-refractivity contribution in [3.63, 3.8) is 0 Å². The normalized spacial score (nSPS) is 11.3. The lowest BCUT2D eigenvalue weighted by molar-refractivity contribution is 0.619. The van der Waals surface area contributed by atoms with E-state index in [1.165, 1.54) is 6.20 Å². The predicted molar refractivity (Wildman–Crippen MR) is 127 cm³/mol. The number of hydrogen-bond acceptors (Lipinski definition) is 6. The zero-order valence-electron chi connectivity index (χ0n) is 18.5. The summed E-state index contributed by atoms with van der Waals surface area (Å²) in [6.45, 7) is 4.23. The third-order valence-electron chi connectivity index (χ3n) is 5.46. The molecule has 0 bridgehead atoms. The maximum atomic E-state index is 14.7. The highest BCUT2D eigenvalue weighted by molar-refractivity contribution is 5.87. The van der Waals surface area contributed by atoms with Gasteiger partial charge in [-0.25, -0.2) is 19.3 Å². The Labute approximate surface area is 190 Å². The fraction of sp³-hybridized carbons (Fsp3) is 0.160. The minimum atomic E-state index is -0.490. The summed E-state index contributed by atoms with van der Waals surface area (Å²) in [6.07, 6.45) is 6.41. The van der Waals surface area contributed by atoms with Crippen molar-refractivity contribution >= 4 is 22.7 Å². The fourth-order valence-electron chi connectivity index (χ4n) is 3.98. The van der Waals surface area contributed by atoms with Gasteiger partial charge < -0.3 is 5.32 Å². The minimum Gasteiger partial charge on any atom is -0.309 e. The molecule has 0 saturated heterocycles. The molecule has 5 rings (SSSR count). The van der Waals surface area contributed by atoms with E-state index in [1.807, 2.05) is 54.2 Å². The van der Waals surface area contributed by atoms with E-state index < -0.39 is 5.82 Å². The van der Waals surface area contributed by atoms with Crippen LogP contribution in [0.3, 0.4) is 0 Å². The number of rotatable bonds is 5. The third-order valence-corrected chi connectivity index (χ3v) is 5.46. The average Bonchev–Trinajstić information content (AvgIpc) is 3.16. The molecule has 164 valence electrons. The van der Waals surface area contributed by atoms with Crippen LogP contribution in [0.4, 0.5) is 16.2 Å². The number of benzene rings is 1. The number of fused-ring (bicyclic) bond motifs is 1. The molecule has 7 nitrogen and oxygen atoms in total. The molecule has 4 aromatic heterocycles. The number of aromatic nitrogens is 6. The average molecular weight is 439 g/mol. The van der Waals surface area contributed by atoms with Crippen molar-refractivity contribution in [2.24, 2.45) is 7.05 Å². The van der Waals surface area contributed by atoms with Gasteiger partial charge in [0.1, 0.15) is 11.5 Å². The molecule has 0 spiro atoms. The van der Waals surface area contributed by atoms with Gasteiger partial charge in [-0.15, -0.1) is 0 Å². The summed E-state index contributed by atoms with van der Waals surface area (Å²) in [5.41, 5.74) is 4.85. The first-order chi connectivity index (χ1) is 16.0. The summed E-state index contributed by atoms with van der Waals surface area (Å²) in [7, 11) is 1.93. The Hall–Kier alpha value is -4.20. The Kier molecular flexibility index (Phi) is 5.26. The van der Waals surface area contributed by atoms with Crippen molar-refractivity contribution in [1.29, 1.82) is 0 Å². The van der Waals surface area contributed by atoms with Crippen LogP contribution in [0.2, 0.25) is 0 Å². The van der Waals surface area contributed by atoms with Gasteiger partial charge in [-0.05, 0) is 47.9 Å². The Morgan fingerprint density at radius 1 is 0.909 bits per heavy atom. The lowest BCUT2D eigenvalue weighted by Gasteiger charge is -2.09. The second-order valence-corrected chi connectivity index (χ2v) is 8.08. The van der Waals surface area contributed by atoms with Gasteiger partial charge in [0.05, 0.1) is 11.7 Å². The van der Waals surface area contributed by atoms with E-state index >= 15 is 0 Å². The summed E-state index contributed by atoms with van der Waals surface area (Å²) in [5, 5.41) is 8.61. The first-order valence-electron chi connectivity index (χ1n) is 10.6. The van der Waals surface area contributed by atoms with E-state index in [0.29, 0.717) is 11.4 Å². The number of halogens is 1. The molecule has 0 saturated carbocycles. The lowest BCUT2D eigenvalue weighted by atomic mass is 10.0. The van der Waals surface area contributed by atoms with Crippen LogP contribution in [-0.4, -0.2) is 29.7 Å². The van der Waals surface area contributed by atoms with Gasteiger partial charge in [0.25, 0.3) is 0 Å². The second-order valence-electron chi connectivity index (χ2n) is 8.08. The summed E-state index contributed by atoms with van der Waals surface area (Å²) < 4.78 is 16.6. The Morgan fingerprint density at radius 2 is 1.70 bits per heavy atom. The van der Waals surface area contributed by atoms with Crippen LogP contribution >= 0.6 is 0 Å². The molecule has 1 aromatic carbocycles. The number of hydrogen-bond donors (Lipinski definition) is 1. The maximum Gasteiger partial charge on any atom is 0.229 e. The molecule has 0 aliphatic heterocycles. The molecule has 4 heterocycles. The van der Waals surface area contributed by atoms with Crippen LogP contribution < -0.4 is 5.32 Å². The fourth-order valence-corrected chi connectivity index (χ4v) is 3.98. The summed E-state index contributed by atoms with van der Waals surface area (Å²) in [6, 6.07) is 13.3. The number of nitrogens with one attached hydrogen (secondary N) is 1. The molecule has 0 aliphatic rings. The molecule has 0 aliphatic carbocycles. The number of anilines is 2. The molecule has 8 heteroatoms. The highest BCUT2D eigenvalue weighted by atomic mass is 19.1. The van der Waals surface area contributed by atoms with Crippen molar-refractivity contribution in [3.8, 4) is 22.4 Å². The van der Waals surface area contributed by atoms with E-state index in [1.54, 1.807) is 18.6 Å². The van der Waals surface area contributed by atoms with Gasteiger partial charge in [-0.1, -0.05) is 19.9 Å². The molecule has 0 radical (unpaired) electrons. The first kappa shape index (κ1) is 20.7. The first-order valence-corrected chi connectivity index (χ1v) is 10.6. The summed E-state index contributed by atoms with van der Waals surface area (Å²) in [5.74, 6) is 0.626. The SMILES string of the molecule is CC(C)c1c2cc(-c3nc(Nc4ccc(-c5ccncc5)cn4)ncc3F)ccc2nn1C. The quantitative estimate of drug-likeness (QED) is 0.390. The number of aryl methyl sites for hydroxylation is 1. The van der Waals surface area contributed by atoms with Gasteiger partial charge >= 0.3 is 0 Å². The van der Waals surface area contributed by atoms with E-state index in [0.717, 1.165) is 27.7 Å². The molecule has 1 N–H and O–H groups in total. The van der Waals surface area contributed by atoms with E-state index in [9.17, 15) is 4.39 Å². The smallest absolute Gasteiger partial charge is 0.229 e. The van der Waals surface area contributed by atoms with Gasteiger partial charge in [0.2, 0.25) is 5.95 Å². The third kappa shape index (κ3) is 4.03. The van der Waals surface area contributed by atoms with Crippen LogP contribution in [-0.2, 0) is 7.05 Å². The Bertz CT molecular complexity index is 1430. The predicted octanol–water partition coefficient (Wildman–Crippen LogP) is 5.49. The van der Waals surface area contributed by atoms with Crippen molar-refractivity contribution in [3.05, 3.63) is 78.8 Å². The van der Waals surface area contributed by atoms with Crippen molar-refractivity contribution < 1.29 is 4.39 Å². The van der Waals surface area contributed by atoms with Gasteiger partial charge in [-0.3, -0.25) is 9.67 Å². The van der Waals surface area contributed by atoms with Crippen LogP contribution in [0.1, 0.15) is 25.5 Å². The molecule has 5 aromatic rings. The maximum absolute atomic E-state index is 14.7. The monoisotopic (exact) mass is 439 g/mol. The standard InChI is InChI=1S/C25H22FN7/c1-15(2)24-19-12-17(4-6-21(19)32-33(24)3)23-20(26)14-29-25(31-23)30-22-7-5-18(13-28-22)16-8-10-27-11-9-16/h4-15H,1-3H3,(H,28,29,30,31). The van der Waals surface area contributed by atoms with Crippen LogP contribution in [0, 0.1) is 5.82 Å². The molecular formula is C25H22FN7. The largest absolute Gasteiger partial charge is 0.309 e. The van der Waals surface area contributed by atoms with Gasteiger partial charge in [-0.2, -0.15) is 5.10 Å². The molecule has 33 heavy (non-hydrogen) atoms. The number of nitrogens with zero attached hydrogens (tertiary/aromatic N) is 6. The van der Waals surface area contributed by atoms with Crippen LogP contribution in [0.15, 0.2) is 67.3 Å². The zero-order chi connectivity index (χ0) is 22.9. The number of pyridine rings is 2. The molecular weight excluding hydrogens is 417 g/mol. The van der Waals surface area contributed by atoms with Crippen molar-refractivity contribution in [1.82, 2.24) is 29.7 Å². The Morgan fingerprint density at radius 3 is 2.42 bits per heavy atom. The molecule has 0 unspecified atom stereocenters.